The summed E-state index contributed by atoms with van der Waals surface area (Å²) >= 11 is 0. The van der Waals surface area contributed by atoms with E-state index < -0.39 is 29.2 Å². The molecule has 0 radical (unpaired) electrons. The van der Waals surface area contributed by atoms with Crippen LogP contribution in [0.1, 0.15) is 36.7 Å². The third kappa shape index (κ3) is 3.77. The molecular weight excluding hydrogens is 249 g/mol. The van der Waals surface area contributed by atoms with Crippen LogP contribution in [0.3, 0.4) is 0 Å². The van der Waals surface area contributed by atoms with Crippen LogP contribution in [0, 0.1) is 18.2 Å². The van der Waals surface area contributed by atoms with Crippen molar-refractivity contribution in [2.75, 3.05) is 0 Å². The van der Waals surface area contributed by atoms with Crippen LogP contribution in [0.5, 0.6) is 0 Å². The highest BCUT2D eigenvalue weighted by molar-refractivity contribution is 5.97. The molecule has 1 amide bonds. The Morgan fingerprint density at radius 3 is 2.32 bits per heavy atom. The molecule has 0 saturated carbocycles. The summed E-state index contributed by atoms with van der Waals surface area (Å²) in [4.78, 5) is 23.2. The average Bonchev–Trinajstić information content (AvgIpc) is 2.23. The Balaban J connectivity index is 2.98. The molecule has 1 unspecified atom stereocenters. The molecule has 1 aromatic carbocycles. The van der Waals surface area contributed by atoms with Crippen molar-refractivity contribution in [2.24, 2.45) is 5.41 Å². The number of aryl methyl sites for hydroxylation is 1. The predicted octanol–water partition coefficient (Wildman–Crippen LogP) is 2.36. The molecule has 1 rings (SSSR count). The average molecular weight is 267 g/mol. The Morgan fingerprint density at radius 1 is 1.32 bits per heavy atom. The molecule has 1 aromatic rings. The molecule has 4 nitrogen and oxygen atoms in total. The van der Waals surface area contributed by atoms with Crippen LogP contribution in [-0.2, 0) is 4.79 Å². The lowest BCUT2D eigenvalue weighted by Crippen LogP contribution is -2.49. The minimum Gasteiger partial charge on any atom is -0.480 e. The standard InChI is InChI=1S/C14H18FNO3/c1-8-7-9(15)5-6-10(8)12(17)16-11(13(18)19)14(2,3)4/h5-7,11H,1-4H3,(H,16,17)(H,18,19). The maximum absolute atomic E-state index is 13.0. The maximum Gasteiger partial charge on any atom is 0.326 e. The predicted molar refractivity (Wildman–Crippen MR) is 69.5 cm³/mol. The number of hydrogen-bond donors (Lipinski definition) is 2. The Kier molecular flexibility index (Phi) is 4.29. The molecule has 0 saturated heterocycles. The molecule has 0 heterocycles. The van der Waals surface area contributed by atoms with Gasteiger partial charge >= 0.3 is 5.97 Å². The van der Waals surface area contributed by atoms with Gasteiger partial charge in [0.1, 0.15) is 11.9 Å². The number of carboxylic acids is 1. The Bertz CT molecular complexity index is 506. The van der Waals surface area contributed by atoms with Crippen molar-refractivity contribution in [3.05, 3.63) is 35.1 Å². The molecule has 19 heavy (non-hydrogen) atoms. The normalized spacial score (nSPS) is 12.9. The van der Waals surface area contributed by atoms with Gasteiger partial charge in [-0.25, -0.2) is 9.18 Å². The number of benzene rings is 1. The van der Waals surface area contributed by atoms with E-state index in [9.17, 15) is 14.0 Å². The third-order valence-corrected chi connectivity index (χ3v) is 2.82. The van der Waals surface area contributed by atoms with Crippen LogP contribution in [0.4, 0.5) is 4.39 Å². The van der Waals surface area contributed by atoms with Gasteiger partial charge in [0.15, 0.2) is 0 Å². The Labute approximate surface area is 111 Å². The molecular formula is C14H18FNO3. The van der Waals surface area contributed by atoms with E-state index in [1.165, 1.54) is 18.2 Å². The number of amides is 1. The zero-order valence-corrected chi connectivity index (χ0v) is 11.5. The van der Waals surface area contributed by atoms with E-state index in [2.05, 4.69) is 5.32 Å². The summed E-state index contributed by atoms with van der Waals surface area (Å²) in [7, 11) is 0. The van der Waals surface area contributed by atoms with Crippen molar-refractivity contribution in [1.29, 1.82) is 0 Å². The quantitative estimate of drug-likeness (QED) is 0.883. The van der Waals surface area contributed by atoms with E-state index >= 15 is 0 Å². The lowest BCUT2D eigenvalue weighted by molar-refractivity contribution is -0.142. The number of carboxylic acid groups (broad SMARTS) is 1. The van der Waals surface area contributed by atoms with E-state index in [0.717, 1.165) is 0 Å². The smallest absolute Gasteiger partial charge is 0.326 e. The molecule has 5 heteroatoms. The highest BCUT2D eigenvalue weighted by Gasteiger charge is 2.33. The number of hydrogen-bond acceptors (Lipinski definition) is 2. The fourth-order valence-corrected chi connectivity index (χ4v) is 1.74. The number of aliphatic carboxylic acids is 1. The third-order valence-electron chi connectivity index (χ3n) is 2.82. The van der Waals surface area contributed by atoms with E-state index in [-0.39, 0.29) is 5.56 Å². The molecule has 0 aliphatic carbocycles. The van der Waals surface area contributed by atoms with E-state index in [4.69, 9.17) is 5.11 Å². The highest BCUT2D eigenvalue weighted by Crippen LogP contribution is 2.20. The van der Waals surface area contributed by atoms with Gasteiger partial charge in [0.25, 0.3) is 5.91 Å². The first kappa shape index (κ1) is 15.1. The van der Waals surface area contributed by atoms with Crippen molar-refractivity contribution >= 4 is 11.9 Å². The summed E-state index contributed by atoms with van der Waals surface area (Å²) in [6, 6.07) is 2.75. The van der Waals surface area contributed by atoms with Crippen LogP contribution in [0.25, 0.3) is 0 Å². The zero-order chi connectivity index (χ0) is 14.8. The fraction of sp³-hybridized carbons (Fsp3) is 0.429. The van der Waals surface area contributed by atoms with Crippen molar-refractivity contribution in [1.82, 2.24) is 5.32 Å². The molecule has 0 aliphatic heterocycles. The van der Waals surface area contributed by atoms with Crippen molar-refractivity contribution < 1.29 is 19.1 Å². The number of nitrogens with one attached hydrogen (secondary N) is 1. The van der Waals surface area contributed by atoms with Gasteiger partial charge in [0.2, 0.25) is 0 Å². The van der Waals surface area contributed by atoms with Crippen LogP contribution in [-0.4, -0.2) is 23.0 Å². The molecule has 104 valence electrons. The topological polar surface area (TPSA) is 66.4 Å². The van der Waals surface area contributed by atoms with E-state index in [1.54, 1.807) is 27.7 Å². The second-order valence-electron chi connectivity index (χ2n) is 5.57. The SMILES string of the molecule is Cc1cc(F)ccc1C(=O)NC(C(=O)O)C(C)(C)C. The lowest BCUT2D eigenvalue weighted by atomic mass is 9.86. The Hall–Kier alpha value is -1.91. The number of rotatable bonds is 3. The minimum atomic E-state index is -1.10. The highest BCUT2D eigenvalue weighted by atomic mass is 19.1. The largest absolute Gasteiger partial charge is 0.480 e. The van der Waals surface area contributed by atoms with Crippen molar-refractivity contribution in [3.8, 4) is 0 Å². The van der Waals surface area contributed by atoms with Crippen LogP contribution in [0.15, 0.2) is 18.2 Å². The first-order valence-corrected chi connectivity index (χ1v) is 5.92. The Morgan fingerprint density at radius 2 is 1.89 bits per heavy atom. The van der Waals surface area contributed by atoms with E-state index in [1.807, 2.05) is 0 Å². The summed E-state index contributed by atoms with van der Waals surface area (Å²) < 4.78 is 13.0. The lowest BCUT2D eigenvalue weighted by Gasteiger charge is -2.28. The molecule has 0 aliphatic rings. The summed E-state index contributed by atoms with van der Waals surface area (Å²) in [5.74, 6) is -2.04. The molecule has 0 bridgehead atoms. The molecule has 0 fully saturated rings. The molecule has 0 spiro atoms. The van der Waals surface area contributed by atoms with E-state index in [0.29, 0.717) is 5.56 Å². The second-order valence-corrected chi connectivity index (χ2v) is 5.57. The monoisotopic (exact) mass is 267 g/mol. The van der Waals surface area contributed by atoms with Gasteiger partial charge in [-0.1, -0.05) is 20.8 Å². The molecule has 1 atom stereocenters. The number of carbonyl (C=O) groups excluding carboxylic acids is 1. The fourth-order valence-electron chi connectivity index (χ4n) is 1.74. The van der Waals surface area contributed by atoms with Gasteiger partial charge in [-0.3, -0.25) is 4.79 Å². The van der Waals surface area contributed by atoms with Gasteiger partial charge in [0.05, 0.1) is 0 Å². The summed E-state index contributed by atoms with van der Waals surface area (Å²) in [6.45, 7) is 6.78. The number of carbonyl (C=O) groups is 2. The van der Waals surface area contributed by atoms with Crippen LogP contribution >= 0.6 is 0 Å². The second kappa shape index (κ2) is 5.38. The maximum atomic E-state index is 13.0. The van der Waals surface area contributed by atoms with Crippen LogP contribution in [0.2, 0.25) is 0 Å². The minimum absolute atomic E-state index is 0.275. The van der Waals surface area contributed by atoms with Gasteiger partial charge in [-0.15, -0.1) is 0 Å². The summed E-state index contributed by atoms with van der Waals surface area (Å²) in [6.07, 6.45) is 0. The first-order valence-electron chi connectivity index (χ1n) is 5.92. The van der Waals surface area contributed by atoms with Gasteiger partial charge in [0, 0.05) is 5.56 Å². The van der Waals surface area contributed by atoms with Gasteiger partial charge in [-0.2, -0.15) is 0 Å². The van der Waals surface area contributed by atoms with Crippen molar-refractivity contribution in [2.45, 2.75) is 33.7 Å². The van der Waals surface area contributed by atoms with Crippen LogP contribution < -0.4 is 5.32 Å². The summed E-state index contributed by atoms with van der Waals surface area (Å²) in [5.41, 5.74) is 0.127. The van der Waals surface area contributed by atoms with Crippen molar-refractivity contribution in [3.63, 3.8) is 0 Å². The zero-order valence-electron chi connectivity index (χ0n) is 11.5. The number of halogens is 1. The van der Waals surface area contributed by atoms with Gasteiger partial charge in [-0.05, 0) is 36.1 Å². The van der Waals surface area contributed by atoms with Gasteiger partial charge < -0.3 is 10.4 Å². The first-order chi connectivity index (χ1) is 8.62. The molecule has 2 N–H and O–H groups in total. The molecule has 0 aromatic heterocycles. The summed E-state index contributed by atoms with van der Waals surface area (Å²) in [5, 5.41) is 11.6.